The van der Waals surface area contributed by atoms with Gasteiger partial charge in [-0.15, -0.1) is 0 Å². The summed E-state index contributed by atoms with van der Waals surface area (Å²) in [7, 11) is 0. The van der Waals surface area contributed by atoms with Crippen LogP contribution in [0.15, 0.2) is 38.6 Å². The van der Waals surface area contributed by atoms with Crippen molar-refractivity contribution in [3.8, 4) is 0 Å². The highest BCUT2D eigenvalue weighted by atomic mass is 32.2. The van der Waals surface area contributed by atoms with Crippen LogP contribution >= 0.6 is 24.0 Å². The number of nitrogens with zero attached hydrogens (tertiary/aromatic N) is 1. The van der Waals surface area contributed by atoms with Crippen LogP contribution in [0.5, 0.6) is 0 Å². The van der Waals surface area contributed by atoms with E-state index in [0.717, 1.165) is 22.2 Å². The van der Waals surface area contributed by atoms with Gasteiger partial charge < -0.3 is 14.6 Å². The third-order valence-electron chi connectivity index (χ3n) is 4.56. The Morgan fingerprint density at radius 3 is 2.57 bits per heavy atom. The number of thioether (sulfide) groups is 1. The smallest absolute Gasteiger partial charge is 0.327 e. The zero-order chi connectivity index (χ0) is 22.2. The molecule has 156 valence electrons. The van der Waals surface area contributed by atoms with E-state index < -0.39 is 30.3 Å². The van der Waals surface area contributed by atoms with E-state index in [1.54, 1.807) is 12.1 Å². The lowest BCUT2D eigenvalue weighted by Crippen LogP contribution is -2.45. The molecule has 1 unspecified atom stereocenters. The van der Waals surface area contributed by atoms with Crippen LogP contribution in [0.4, 0.5) is 0 Å². The lowest BCUT2D eigenvalue weighted by molar-refractivity contribution is -0.150. The fourth-order valence-electron chi connectivity index (χ4n) is 2.97. The summed E-state index contributed by atoms with van der Waals surface area (Å²) in [6.45, 7) is 3.99. The largest absolute Gasteiger partial charge is 0.481 e. The first-order valence-electron chi connectivity index (χ1n) is 8.87. The Morgan fingerprint density at radius 1 is 1.27 bits per heavy atom. The molecule has 0 saturated carbocycles. The molecule has 1 fully saturated rings. The van der Waals surface area contributed by atoms with E-state index in [0.29, 0.717) is 11.0 Å². The normalized spacial score (nSPS) is 16.6. The second-order valence-corrected chi connectivity index (χ2v) is 8.61. The second kappa shape index (κ2) is 8.41. The standard InChI is InChI=1S/C20H17NO7S2/c1-9(2)10-3-4-14-12(5-10)17(24)11(8-28-14)6-15-18(25)21(20(29)30-15)13(19(26)27)7-16(22)23/h3-6,8-9,13H,7H2,1-2H3,(H,22,23)(H,26,27)/b15-6+. The number of carbonyl (C=O) groups is 3. The number of fused-ring (bicyclic) bond motifs is 1. The van der Waals surface area contributed by atoms with Crippen molar-refractivity contribution in [2.45, 2.75) is 32.2 Å². The quantitative estimate of drug-likeness (QED) is 0.508. The van der Waals surface area contributed by atoms with Crippen LogP contribution in [0, 0.1) is 0 Å². The van der Waals surface area contributed by atoms with Gasteiger partial charge in [-0.2, -0.15) is 0 Å². The number of carbonyl (C=O) groups excluding carboxylic acids is 1. The molecule has 0 aliphatic carbocycles. The lowest BCUT2D eigenvalue weighted by Gasteiger charge is -2.21. The first kappa shape index (κ1) is 21.7. The van der Waals surface area contributed by atoms with Crippen LogP contribution in [0.25, 0.3) is 17.0 Å². The van der Waals surface area contributed by atoms with Gasteiger partial charge >= 0.3 is 11.9 Å². The number of carboxylic acids is 2. The summed E-state index contributed by atoms with van der Waals surface area (Å²) in [5.41, 5.74) is 1.12. The minimum Gasteiger partial charge on any atom is -0.481 e. The highest BCUT2D eigenvalue weighted by Gasteiger charge is 2.41. The van der Waals surface area contributed by atoms with E-state index in [-0.39, 0.29) is 26.1 Å². The monoisotopic (exact) mass is 447 g/mol. The first-order chi connectivity index (χ1) is 14.1. The Morgan fingerprint density at radius 2 is 1.97 bits per heavy atom. The molecule has 1 aromatic carbocycles. The van der Waals surface area contributed by atoms with E-state index in [1.807, 2.05) is 19.9 Å². The molecule has 1 atom stereocenters. The maximum Gasteiger partial charge on any atom is 0.327 e. The Balaban J connectivity index is 2.02. The Kier molecular flexibility index (Phi) is 6.09. The average Bonchev–Trinajstić information content (AvgIpc) is 2.94. The highest BCUT2D eigenvalue weighted by Crippen LogP contribution is 2.34. The summed E-state index contributed by atoms with van der Waals surface area (Å²) in [6, 6.07) is 3.68. The fourth-order valence-corrected chi connectivity index (χ4v) is 4.31. The van der Waals surface area contributed by atoms with Crippen LogP contribution in [0.1, 0.15) is 37.3 Å². The van der Waals surface area contributed by atoms with E-state index in [1.165, 1.54) is 12.3 Å². The maximum absolute atomic E-state index is 12.9. The molecule has 3 rings (SSSR count). The third-order valence-corrected chi connectivity index (χ3v) is 5.90. The number of hydrogen-bond acceptors (Lipinski definition) is 7. The van der Waals surface area contributed by atoms with E-state index in [9.17, 15) is 24.3 Å². The van der Waals surface area contributed by atoms with Gasteiger partial charge in [0.15, 0.2) is 5.43 Å². The van der Waals surface area contributed by atoms with Crippen LogP contribution in [0.2, 0.25) is 0 Å². The minimum absolute atomic E-state index is 0.0169. The zero-order valence-corrected chi connectivity index (χ0v) is 17.6. The molecule has 2 aromatic rings. The second-order valence-electron chi connectivity index (χ2n) is 6.93. The van der Waals surface area contributed by atoms with E-state index in [2.05, 4.69) is 0 Å². The summed E-state index contributed by atoms with van der Waals surface area (Å²) in [6.07, 6.45) is 1.70. The van der Waals surface area contributed by atoms with Gasteiger partial charge in [0.2, 0.25) is 0 Å². The molecule has 0 spiro atoms. The minimum atomic E-state index is -1.64. The molecule has 0 bridgehead atoms. The van der Waals surface area contributed by atoms with Crippen LogP contribution in [0.3, 0.4) is 0 Å². The predicted octanol–water partition coefficient (Wildman–Crippen LogP) is 3.05. The third kappa shape index (κ3) is 4.14. The number of hydrogen-bond donors (Lipinski definition) is 2. The van der Waals surface area contributed by atoms with E-state index in [4.69, 9.17) is 21.7 Å². The van der Waals surface area contributed by atoms with Gasteiger partial charge in [0, 0.05) is 0 Å². The van der Waals surface area contributed by atoms with Gasteiger partial charge in [-0.1, -0.05) is 43.9 Å². The summed E-state index contributed by atoms with van der Waals surface area (Å²) in [5, 5.41) is 18.6. The van der Waals surface area contributed by atoms with Crippen molar-refractivity contribution in [1.29, 1.82) is 0 Å². The number of rotatable bonds is 6. The van der Waals surface area contributed by atoms with Crippen molar-refractivity contribution in [1.82, 2.24) is 4.90 Å². The van der Waals surface area contributed by atoms with Gasteiger partial charge in [0.25, 0.3) is 5.91 Å². The van der Waals surface area contributed by atoms with Crippen molar-refractivity contribution < 1.29 is 29.0 Å². The fraction of sp³-hybridized carbons (Fsp3) is 0.250. The molecule has 30 heavy (non-hydrogen) atoms. The molecule has 1 saturated heterocycles. The average molecular weight is 447 g/mol. The highest BCUT2D eigenvalue weighted by molar-refractivity contribution is 8.26. The summed E-state index contributed by atoms with van der Waals surface area (Å²) < 4.78 is 5.42. The van der Waals surface area contributed by atoms with Gasteiger partial charge in [-0.05, 0) is 29.7 Å². The molecule has 1 aliphatic rings. The molecule has 10 heteroatoms. The Labute approximate surface area is 180 Å². The SMILES string of the molecule is CC(C)c1ccc2occ(/C=C3/SC(=S)N(C(CC(=O)O)C(=O)O)C3=O)c(=O)c2c1. The summed E-state index contributed by atoms with van der Waals surface area (Å²) in [5.74, 6) is -3.43. The van der Waals surface area contributed by atoms with Crippen molar-refractivity contribution in [3.63, 3.8) is 0 Å². The Bertz CT molecular complexity index is 1170. The molecular formula is C20H17NO7S2. The molecule has 2 N–H and O–H groups in total. The maximum atomic E-state index is 12.9. The molecule has 1 aromatic heterocycles. The lowest BCUT2D eigenvalue weighted by atomic mass is 10.0. The first-order valence-corrected chi connectivity index (χ1v) is 10.1. The van der Waals surface area contributed by atoms with Crippen LogP contribution in [-0.2, 0) is 14.4 Å². The van der Waals surface area contributed by atoms with E-state index >= 15 is 0 Å². The van der Waals surface area contributed by atoms with Gasteiger partial charge in [-0.3, -0.25) is 19.3 Å². The zero-order valence-electron chi connectivity index (χ0n) is 15.9. The van der Waals surface area contributed by atoms with Gasteiger partial charge in [0.1, 0.15) is 22.2 Å². The van der Waals surface area contributed by atoms with Crippen molar-refractivity contribution in [2.75, 3.05) is 0 Å². The predicted molar refractivity (Wildman–Crippen MR) is 115 cm³/mol. The van der Waals surface area contributed by atoms with Gasteiger partial charge in [0.05, 0.1) is 22.3 Å². The van der Waals surface area contributed by atoms with Crippen LogP contribution < -0.4 is 5.43 Å². The molecular weight excluding hydrogens is 430 g/mol. The number of aliphatic carboxylic acids is 2. The molecule has 1 amide bonds. The molecule has 0 radical (unpaired) electrons. The Hall–Kier alpha value is -2.98. The number of thiocarbonyl (C=S) groups is 1. The van der Waals surface area contributed by atoms with Crippen molar-refractivity contribution >= 4 is 63.2 Å². The van der Waals surface area contributed by atoms with Crippen molar-refractivity contribution in [3.05, 3.63) is 50.7 Å². The van der Waals surface area contributed by atoms with Gasteiger partial charge in [-0.25, -0.2) is 4.79 Å². The number of benzene rings is 1. The van der Waals surface area contributed by atoms with Crippen LogP contribution in [-0.4, -0.2) is 43.3 Å². The number of amides is 1. The summed E-state index contributed by atoms with van der Waals surface area (Å²) in [4.78, 5) is 48.8. The molecule has 1 aliphatic heterocycles. The van der Waals surface area contributed by atoms with Crippen molar-refractivity contribution in [2.24, 2.45) is 0 Å². The molecule has 2 heterocycles. The molecule has 8 nitrogen and oxygen atoms in total. The number of carboxylic acid groups (broad SMARTS) is 2. The summed E-state index contributed by atoms with van der Waals surface area (Å²) >= 11 is 5.89. The topological polar surface area (TPSA) is 125 Å².